The Labute approximate surface area is 158 Å². The summed E-state index contributed by atoms with van der Waals surface area (Å²) in [6.07, 6.45) is 0.240. The third-order valence-electron chi connectivity index (χ3n) is 5.35. The lowest BCUT2D eigenvalue weighted by molar-refractivity contribution is -0.122. The van der Waals surface area contributed by atoms with Gasteiger partial charge in [0.05, 0.1) is 5.92 Å². The van der Waals surface area contributed by atoms with Crippen LogP contribution in [-0.2, 0) is 9.59 Å². The number of fused-ring (bicyclic) bond motifs is 1. The second-order valence-electron chi connectivity index (χ2n) is 7.19. The van der Waals surface area contributed by atoms with Crippen molar-refractivity contribution in [3.8, 4) is 0 Å². The van der Waals surface area contributed by atoms with Crippen LogP contribution in [0.2, 0.25) is 0 Å². The average molecular weight is 358 g/mol. The average Bonchev–Trinajstić information content (AvgIpc) is 3.06. The summed E-state index contributed by atoms with van der Waals surface area (Å²) in [5.41, 5.74) is 3.98. The van der Waals surface area contributed by atoms with Crippen LogP contribution in [0.3, 0.4) is 0 Å². The van der Waals surface area contributed by atoms with Gasteiger partial charge in [0.1, 0.15) is 0 Å². The molecule has 0 aromatic heterocycles. The van der Waals surface area contributed by atoms with E-state index in [1.165, 1.54) is 5.56 Å². The second-order valence-corrected chi connectivity index (χ2v) is 7.19. The quantitative estimate of drug-likeness (QED) is 0.752. The topological polar surface area (TPSA) is 49.4 Å². The van der Waals surface area contributed by atoms with Crippen molar-refractivity contribution in [2.45, 2.75) is 20.3 Å². The molecule has 1 aliphatic heterocycles. The summed E-state index contributed by atoms with van der Waals surface area (Å²) in [5.74, 6) is -0.458. The molecule has 4 heteroatoms. The molecule has 4 rings (SSSR count). The molecule has 136 valence electrons. The molecule has 27 heavy (non-hydrogen) atoms. The third kappa shape index (κ3) is 3.31. The van der Waals surface area contributed by atoms with Crippen molar-refractivity contribution in [3.05, 3.63) is 71.8 Å². The number of rotatable bonds is 3. The van der Waals surface area contributed by atoms with Crippen molar-refractivity contribution in [3.63, 3.8) is 0 Å². The van der Waals surface area contributed by atoms with Crippen LogP contribution in [0.5, 0.6) is 0 Å². The van der Waals surface area contributed by atoms with Gasteiger partial charge in [-0.1, -0.05) is 42.5 Å². The van der Waals surface area contributed by atoms with Gasteiger partial charge in [0, 0.05) is 29.7 Å². The van der Waals surface area contributed by atoms with Crippen LogP contribution < -0.4 is 10.2 Å². The maximum Gasteiger partial charge on any atom is 0.229 e. The van der Waals surface area contributed by atoms with Crippen molar-refractivity contribution in [1.29, 1.82) is 0 Å². The molecule has 2 amide bonds. The fraction of sp³-hybridized carbons (Fsp3) is 0.217. The van der Waals surface area contributed by atoms with Gasteiger partial charge in [-0.15, -0.1) is 0 Å². The van der Waals surface area contributed by atoms with Crippen molar-refractivity contribution in [2.24, 2.45) is 5.92 Å². The molecule has 0 saturated carbocycles. The highest BCUT2D eigenvalue weighted by Crippen LogP contribution is 2.29. The van der Waals surface area contributed by atoms with E-state index in [2.05, 4.69) is 5.32 Å². The first kappa shape index (κ1) is 17.3. The summed E-state index contributed by atoms with van der Waals surface area (Å²) < 4.78 is 0. The van der Waals surface area contributed by atoms with Gasteiger partial charge in [0.15, 0.2) is 0 Å². The standard InChI is InChI=1S/C23H22N2O2/c1-15-10-11-19(12-16(15)2)25-14-18(13-22(25)26)23(27)24-21-9-5-7-17-6-3-4-8-20(17)21/h3-12,18H,13-14H2,1-2H3,(H,24,27)/t18-/m0/s1. The number of benzene rings is 3. The lowest BCUT2D eigenvalue weighted by atomic mass is 10.1. The number of hydrogen-bond donors (Lipinski definition) is 1. The number of aryl methyl sites for hydroxylation is 2. The maximum atomic E-state index is 12.8. The minimum absolute atomic E-state index is 0.00340. The van der Waals surface area contributed by atoms with Crippen LogP contribution in [0.1, 0.15) is 17.5 Å². The van der Waals surface area contributed by atoms with Crippen LogP contribution in [0.15, 0.2) is 60.7 Å². The van der Waals surface area contributed by atoms with Gasteiger partial charge >= 0.3 is 0 Å². The number of hydrogen-bond acceptors (Lipinski definition) is 2. The van der Waals surface area contributed by atoms with Crippen molar-refractivity contribution < 1.29 is 9.59 Å². The molecule has 0 spiro atoms. The Morgan fingerprint density at radius 2 is 1.78 bits per heavy atom. The van der Waals surface area contributed by atoms with E-state index < -0.39 is 0 Å². The molecule has 1 N–H and O–H groups in total. The monoisotopic (exact) mass is 358 g/mol. The normalized spacial score (nSPS) is 16.7. The van der Waals surface area contributed by atoms with Crippen molar-refractivity contribution in [1.82, 2.24) is 0 Å². The van der Waals surface area contributed by atoms with E-state index in [0.29, 0.717) is 6.54 Å². The summed E-state index contributed by atoms with van der Waals surface area (Å²) in [6.45, 7) is 4.49. The number of carbonyl (C=O) groups is 2. The molecule has 1 atom stereocenters. The molecule has 0 unspecified atom stereocenters. The zero-order valence-corrected chi connectivity index (χ0v) is 15.5. The third-order valence-corrected chi connectivity index (χ3v) is 5.35. The molecular formula is C23H22N2O2. The van der Waals surface area contributed by atoms with Gasteiger partial charge < -0.3 is 10.2 Å². The van der Waals surface area contributed by atoms with E-state index in [9.17, 15) is 9.59 Å². The molecule has 4 nitrogen and oxygen atoms in total. The summed E-state index contributed by atoms with van der Waals surface area (Å²) in [6, 6.07) is 19.8. The van der Waals surface area contributed by atoms with E-state index in [4.69, 9.17) is 0 Å². The van der Waals surface area contributed by atoms with Crippen molar-refractivity contribution in [2.75, 3.05) is 16.8 Å². The highest BCUT2D eigenvalue weighted by atomic mass is 16.2. The summed E-state index contributed by atoms with van der Waals surface area (Å²) in [4.78, 5) is 27.0. The van der Waals surface area contributed by atoms with Crippen LogP contribution in [0, 0.1) is 19.8 Å². The Balaban J connectivity index is 1.53. The Morgan fingerprint density at radius 3 is 2.59 bits per heavy atom. The Hall–Kier alpha value is -3.14. The Kier molecular flexibility index (Phi) is 4.40. The molecule has 0 radical (unpaired) electrons. The SMILES string of the molecule is Cc1ccc(N2C[C@@H](C(=O)Nc3cccc4ccccc34)CC2=O)cc1C. The molecule has 1 aliphatic rings. The van der Waals surface area contributed by atoms with Crippen LogP contribution in [-0.4, -0.2) is 18.4 Å². The number of amides is 2. The zero-order chi connectivity index (χ0) is 19.0. The van der Waals surface area contributed by atoms with Gasteiger partial charge in [0.2, 0.25) is 11.8 Å². The van der Waals surface area contributed by atoms with E-state index >= 15 is 0 Å². The number of anilines is 2. The lowest BCUT2D eigenvalue weighted by Crippen LogP contribution is -2.28. The molecule has 0 bridgehead atoms. The minimum Gasteiger partial charge on any atom is -0.325 e. The van der Waals surface area contributed by atoms with E-state index in [1.807, 2.05) is 74.5 Å². The predicted molar refractivity (Wildman–Crippen MR) is 109 cm³/mol. The largest absolute Gasteiger partial charge is 0.325 e. The molecule has 3 aromatic rings. The highest BCUT2D eigenvalue weighted by Gasteiger charge is 2.35. The predicted octanol–water partition coefficient (Wildman–Crippen LogP) is 4.45. The molecule has 0 aliphatic carbocycles. The van der Waals surface area contributed by atoms with Gasteiger partial charge in [-0.05, 0) is 48.6 Å². The van der Waals surface area contributed by atoms with E-state index in [-0.39, 0.29) is 24.2 Å². The van der Waals surface area contributed by atoms with E-state index in [0.717, 1.165) is 27.7 Å². The maximum absolute atomic E-state index is 12.8. The molecular weight excluding hydrogens is 336 g/mol. The lowest BCUT2D eigenvalue weighted by Gasteiger charge is -2.18. The van der Waals surface area contributed by atoms with Crippen molar-refractivity contribution >= 4 is 34.0 Å². The fourth-order valence-corrected chi connectivity index (χ4v) is 3.60. The van der Waals surface area contributed by atoms with Gasteiger partial charge in [-0.3, -0.25) is 9.59 Å². The van der Waals surface area contributed by atoms with Crippen LogP contribution >= 0.6 is 0 Å². The summed E-state index contributed by atoms with van der Waals surface area (Å²) in [5, 5.41) is 5.10. The fourth-order valence-electron chi connectivity index (χ4n) is 3.60. The first-order valence-corrected chi connectivity index (χ1v) is 9.19. The Bertz CT molecular complexity index is 1040. The number of nitrogens with one attached hydrogen (secondary N) is 1. The second kappa shape index (κ2) is 6.88. The highest BCUT2D eigenvalue weighted by molar-refractivity contribution is 6.07. The molecule has 1 fully saturated rings. The van der Waals surface area contributed by atoms with Crippen LogP contribution in [0.25, 0.3) is 10.8 Å². The number of carbonyl (C=O) groups excluding carboxylic acids is 2. The smallest absolute Gasteiger partial charge is 0.229 e. The molecule has 3 aromatic carbocycles. The Morgan fingerprint density at radius 1 is 1.00 bits per heavy atom. The number of nitrogens with zero attached hydrogens (tertiary/aromatic N) is 1. The van der Waals surface area contributed by atoms with Crippen LogP contribution in [0.4, 0.5) is 11.4 Å². The summed E-state index contributed by atoms with van der Waals surface area (Å²) in [7, 11) is 0. The van der Waals surface area contributed by atoms with E-state index in [1.54, 1.807) is 4.90 Å². The summed E-state index contributed by atoms with van der Waals surface area (Å²) >= 11 is 0. The molecule has 1 heterocycles. The first-order valence-electron chi connectivity index (χ1n) is 9.19. The minimum atomic E-state index is -0.349. The first-order chi connectivity index (χ1) is 13.0. The van der Waals surface area contributed by atoms with Gasteiger partial charge in [-0.2, -0.15) is 0 Å². The zero-order valence-electron chi connectivity index (χ0n) is 15.5. The van der Waals surface area contributed by atoms with Gasteiger partial charge in [-0.25, -0.2) is 0 Å². The van der Waals surface area contributed by atoms with Gasteiger partial charge in [0.25, 0.3) is 0 Å². The molecule has 1 saturated heterocycles.